The van der Waals surface area contributed by atoms with Crippen LogP contribution in [0.15, 0.2) is 88.5 Å². The first-order chi connectivity index (χ1) is 14.7. The maximum absolute atomic E-state index is 13.4. The van der Waals surface area contributed by atoms with Crippen molar-refractivity contribution in [3.63, 3.8) is 0 Å². The Labute approximate surface area is 181 Å². The predicted molar refractivity (Wildman–Crippen MR) is 124 cm³/mol. The Bertz CT molecular complexity index is 1260. The molecule has 2 aromatic heterocycles. The number of amidine groups is 1. The van der Waals surface area contributed by atoms with Gasteiger partial charge in [-0.25, -0.2) is 14.9 Å². The number of amides is 1. The van der Waals surface area contributed by atoms with Crippen LogP contribution in [0.3, 0.4) is 0 Å². The molecule has 4 aromatic rings. The summed E-state index contributed by atoms with van der Waals surface area (Å²) >= 11 is 3.11. The number of anilines is 1. The highest BCUT2D eigenvalue weighted by Gasteiger charge is 2.34. The van der Waals surface area contributed by atoms with Crippen LogP contribution in [0, 0.1) is 0 Å². The number of hydrogen-bond acceptors (Lipinski definition) is 6. The summed E-state index contributed by atoms with van der Waals surface area (Å²) in [7, 11) is 0. The number of pyridine rings is 1. The third kappa shape index (κ3) is 3.42. The van der Waals surface area contributed by atoms with Gasteiger partial charge in [-0.3, -0.25) is 4.79 Å². The van der Waals surface area contributed by atoms with Crippen LogP contribution in [-0.2, 0) is 4.79 Å². The van der Waals surface area contributed by atoms with E-state index in [0.717, 1.165) is 15.8 Å². The number of fused-ring (bicyclic) bond motifs is 1. The molecule has 0 fully saturated rings. The number of carbonyl (C=O) groups is 1. The van der Waals surface area contributed by atoms with Gasteiger partial charge in [-0.1, -0.05) is 53.8 Å². The smallest absolute Gasteiger partial charge is 0.266 e. The van der Waals surface area contributed by atoms with Crippen molar-refractivity contribution in [1.82, 2.24) is 9.97 Å². The summed E-state index contributed by atoms with van der Waals surface area (Å²) in [5.41, 5.74) is 2.81. The molecule has 1 amide bonds. The Morgan fingerprint density at radius 1 is 1.00 bits per heavy atom. The molecule has 0 N–H and O–H groups in total. The van der Waals surface area contributed by atoms with Crippen LogP contribution in [0.2, 0.25) is 0 Å². The van der Waals surface area contributed by atoms with Gasteiger partial charge in [-0.05, 0) is 42.2 Å². The van der Waals surface area contributed by atoms with Crippen LogP contribution < -0.4 is 4.90 Å². The molecular formula is C23H16N4OS2. The lowest BCUT2D eigenvalue weighted by Gasteiger charge is -2.14. The summed E-state index contributed by atoms with van der Waals surface area (Å²) < 4.78 is 0.929. The number of rotatable bonds is 4. The molecule has 1 aliphatic rings. The summed E-state index contributed by atoms with van der Waals surface area (Å²) in [5, 5.41) is 0.567. The molecule has 2 aromatic carbocycles. The number of benzene rings is 2. The Balaban J connectivity index is 1.61. The zero-order valence-corrected chi connectivity index (χ0v) is 17.7. The number of thioether (sulfide) groups is 1. The third-order valence-electron chi connectivity index (χ3n) is 4.66. The van der Waals surface area contributed by atoms with Gasteiger partial charge in [-0.15, -0.1) is 11.8 Å². The highest BCUT2D eigenvalue weighted by molar-refractivity contribution is 7.98. The number of thiazole rings is 1. The SMILES string of the molecule is CSc1ccc(/C=C2/N=C(c3ccccc3)N(c3nc4ncccc4s3)C2=O)cc1. The Kier molecular flexibility index (Phi) is 4.90. The number of hydrogen-bond donors (Lipinski definition) is 0. The first-order valence-electron chi connectivity index (χ1n) is 9.29. The zero-order chi connectivity index (χ0) is 20.5. The van der Waals surface area contributed by atoms with Crippen LogP contribution in [0.1, 0.15) is 11.1 Å². The van der Waals surface area contributed by atoms with E-state index in [4.69, 9.17) is 4.99 Å². The minimum absolute atomic E-state index is 0.193. The van der Waals surface area contributed by atoms with Crippen molar-refractivity contribution < 1.29 is 4.79 Å². The van der Waals surface area contributed by atoms with E-state index in [1.54, 1.807) is 22.9 Å². The lowest BCUT2D eigenvalue weighted by Crippen LogP contribution is -2.32. The molecule has 0 unspecified atom stereocenters. The van der Waals surface area contributed by atoms with E-state index in [1.807, 2.05) is 79.1 Å². The van der Waals surface area contributed by atoms with E-state index in [-0.39, 0.29) is 5.91 Å². The topological polar surface area (TPSA) is 58.5 Å². The fourth-order valence-corrected chi connectivity index (χ4v) is 4.52. The van der Waals surface area contributed by atoms with Crippen molar-refractivity contribution in [1.29, 1.82) is 0 Å². The van der Waals surface area contributed by atoms with Crippen molar-refractivity contribution in [3.8, 4) is 0 Å². The van der Waals surface area contributed by atoms with Gasteiger partial charge in [0.05, 0.1) is 4.70 Å². The Morgan fingerprint density at radius 2 is 1.80 bits per heavy atom. The summed E-state index contributed by atoms with van der Waals surface area (Å²) in [6.45, 7) is 0. The number of aliphatic imine (C=N–C) groups is 1. The average molecular weight is 429 g/mol. The Hall–Kier alpha value is -3.29. The van der Waals surface area contributed by atoms with Gasteiger partial charge in [0.25, 0.3) is 5.91 Å². The maximum Gasteiger partial charge on any atom is 0.284 e. The second-order valence-corrected chi connectivity index (χ2v) is 8.46. The highest BCUT2D eigenvalue weighted by Crippen LogP contribution is 2.33. The molecule has 0 saturated carbocycles. The van der Waals surface area contributed by atoms with Crippen LogP contribution in [0.5, 0.6) is 0 Å². The van der Waals surface area contributed by atoms with E-state index >= 15 is 0 Å². The Morgan fingerprint density at radius 3 is 2.53 bits per heavy atom. The third-order valence-corrected chi connectivity index (χ3v) is 6.40. The molecule has 7 heteroatoms. The van der Waals surface area contributed by atoms with Gasteiger partial charge in [0.2, 0.25) is 5.13 Å². The molecule has 0 atom stereocenters. The molecule has 146 valence electrons. The summed E-state index contributed by atoms with van der Waals surface area (Å²) in [4.78, 5) is 29.7. The molecule has 0 bridgehead atoms. The lowest BCUT2D eigenvalue weighted by atomic mass is 10.2. The van der Waals surface area contributed by atoms with Crippen molar-refractivity contribution in [2.24, 2.45) is 4.99 Å². The molecule has 5 rings (SSSR count). The fraction of sp³-hybridized carbons (Fsp3) is 0.0435. The van der Waals surface area contributed by atoms with Crippen LogP contribution in [-0.4, -0.2) is 28.0 Å². The van der Waals surface area contributed by atoms with Gasteiger partial charge in [0.1, 0.15) is 11.5 Å². The first-order valence-corrected chi connectivity index (χ1v) is 11.3. The van der Waals surface area contributed by atoms with Crippen molar-refractivity contribution in [2.45, 2.75) is 4.90 Å². The van der Waals surface area contributed by atoms with Crippen LogP contribution in [0.4, 0.5) is 5.13 Å². The van der Waals surface area contributed by atoms with Crippen LogP contribution >= 0.6 is 23.1 Å². The summed E-state index contributed by atoms with van der Waals surface area (Å²) in [5.74, 6) is 0.383. The van der Waals surface area contributed by atoms with Gasteiger partial charge in [0, 0.05) is 16.7 Å². The highest BCUT2D eigenvalue weighted by atomic mass is 32.2. The standard InChI is InChI=1S/C23H16N4OS2/c1-29-17-11-9-15(10-12-17)14-18-22(28)27(21(25-18)16-6-3-2-4-7-16)23-26-20-19(30-23)8-5-13-24-20/h2-14H,1H3/b18-14+. The van der Waals surface area contributed by atoms with Crippen LogP contribution in [0.25, 0.3) is 16.4 Å². The largest absolute Gasteiger partial charge is 0.284 e. The van der Waals surface area contributed by atoms with Gasteiger partial charge < -0.3 is 0 Å². The summed E-state index contributed by atoms with van der Waals surface area (Å²) in [6, 6.07) is 21.6. The van der Waals surface area contributed by atoms with Gasteiger partial charge in [0.15, 0.2) is 5.65 Å². The molecule has 5 nitrogen and oxygen atoms in total. The minimum atomic E-state index is -0.193. The van der Waals surface area contributed by atoms with E-state index < -0.39 is 0 Å². The minimum Gasteiger partial charge on any atom is -0.266 e. The average Bonchev–Trinajstić information content (AvgIpc) is 3.36. The van der Waals surface area contributed by atoms with Crippen molar-refractivity contribution in [2.75, 3.05) is 11.2 Å². The zero-order valence-electron chi connectivity index (χ0n) is 16.0. The van der Waals surface area contributed by atoms with Crippen molar-refractivity contribution >= 4 is 56.4 Å². The molecule has 0 radical (unpaired) electrons. The molecule has 1 aliphatic heterocycles. The second-order valence-electron chi connectivity index (χ2n) is 6.57. The van der Waals surface area contributed by atoms with E-state index in [0.29, 0.717) is 22.3 Å². The second kappa shape index (κ2) is 7.85. The van der Waals surface area contributed by atoms with E-state index in [2.05, 4.69) is 9.97 Å². The molecular weight excluding hydrogens is 412 g/mol. The lowest BCUT2D eigenvalue weighted by molar-refractivity contribution is -0.113. The number of carbonyl (C=O) groups excluding carboxylic acids is 1. The predicted octanol–water partition coefficient (Wildman–Crippen LogP) is 5.25. The van der Waals surface area contributed by atoms with E-state index in [1.165, 1.54) is 16.2 Å². The molecule has 0 aliphatic carbocycles. The van der Waals surface area contributed by atoms with Gasteiger partial charge >= 0.3 is 0 Å². The molecule has 0 saturated heterocycles. The molecule has 3 heterocycles. The first kappa shape index (κ1) is 18.7. The quantitative estimate of drug-likeness (QED) is 0.329. The van der Waals surface area contributed by atoms with Crippen molar-refractivity contribution in [3.05, 3.63) is 89.8 Å². The number of nitrogens with zero attached hydrogens (tertiary/aromatic N) is 4. The fourth-order valence-electron chi connectivity index (χ4n) is 3.19. The van der Waals surface area contributed by atoms with Gasteiger partial charge in [-0.2, -0.15) is 4.98 Å². The monoisotopic (exact) mass is 428 g/mol. The molecule has 30 heavy (non-hydrogen) atoms. The normalized spacial score (nSPS) is 15.2. The maximum atomic E-state index is 13.4. The summed E-state index contributed by atoms with van der Waals surface area (Å²) in [6.07, 6.45) is 5.56. The molecule has 0 spiro atoms. The van der Waals surface area contributed by atoms with E-state index in [9.17, 15) is 4.79 Å². The number of aromatic nitrogens is 2.